The molecular formula is C9H10ClN3O3. The molecule has 1 N–H and O–H groups in total. The Balaban J connectivity index is 1.68. The average Bonchev–Trinajstić information content (AvgIpc) is 2.75. The number of halogens is 1. The number of alkyl halides is 1. The van der Waals surface area contributed by atoms with Gasteiger partial charge >= 0.3 is 6.09 Å². The molecule has 86 valence electrons. The van der Waals surface area contributed by atoms with Gasteiger partial charge in [0.1, 0.15) is 5.88 Å². The van der Waals surface area contributed by atoms with Crippen molar-refractivity contribution in [3.63, 3.8) is 0 Å². The van der Waals surface area contributed by atoms with Crippen LogP contribution in [0.4, 0.5) is 4.79 Å². The summed E-state index contributed by atoms with van der Waals surface area (Å²) < 4.78 is 4.93. The lowest BCUT2D eigenvalue weighted by Gasteiger charge is -2.14. The van der Waals surface area contributed by atoms with Gasteiger partial charge in [-0.3, -0.25) is 0 Å². The second-order valence-corrected chi connectivity index (χ2v) is 4.49. The number of hydrogen-bond acceptors (Lipinski definition) is 4. The van der Waals surface area contributed by atoms with Crippen molar-refractivity contribution in [1.82, 2.24) is 15.0 Å². The minimum Gasteiger partial charge on any atom is -0.465 e. The van der Waals surface area contributed by atoms with Crippen molar-refractivity contribution in [3.8, 4) is 0 Å². The van der Waals surface area contributed by atoms with Crippen LogP contribution >= 0.6 is 11.6 Å². The lowest BCUT2D eigenvalue weighted by Crippen LogP contribution is -2.29. The summed E-state index contributed by atoms with van der Waals surface area (Å²) >= 11 is 5.57. The number of likely N-dealkylation sites (tertiary alicyclic amines) is 1. The minimum absolute atomic E-state index is 0.219. The van der Waals surface area contributed by atoms with Crippen LogP contribution in [0.1, 0.15) is 17.6 Å². The van der Waals surface area contributed by atoms with E-state index in [9.17, 15) is 4.79 Å². The van der Waals surface area contributed by atoms with E-state index in [0.717, 1.165) is 0 Å². The molecule has 1 unspecified atom stereocenters. The molecule has 1 saturated heterocycles. The van der Waals surface area contributed by atoms with Gasteiger partial charge in [0.2, 0.25) is 5.89 Å². The van der Waals surface area contributed by atoms with Crippen molar-refractivity contribution in [3.05, 3.63) is 11.7 Å². The van der Waals surface area contributed by atoms with E-state index in [2.05, 4.69) is 10.1 Å². The first-order valence-electron chi connectivity index (χ1n) is 5.07. The smallest absolute Gasteiger partial charge is 0.407 e. The number of rotatable bonds is 2. The van der Waals surface area contributed by atoms with Gasteiger partial charge in [-0.25, -0.2) is 4.79 Å². The van der Waals surface area contributed by atoms with E-state index in [1.807, 2.05) is 0 Å². The number of carboxylic acid groups (broad SMARTS) is 1. The minimum atomic E-state index is -0.847. The lowest BCUT2D eigenvalue weighted by atomic mass is 10.2. The number of fused-ring (bicyclic) bond motifs is 1. The quantitative estimate of drug-likeness (QED) is 0.788. The standard InChI is InChI=1S/C9H10ClN3O3/c10-1-6-11-8(12-16-6)7-4-2-13(9(14)15)3-5(4)7/h4-5,7H,1-3H2,(H,14,15)/t4-,5+,7?. The number of aromatic nitrogens is 2. The van der Waals surface area contributed by atoms with Crippen LogP contribution < -0.4 is 0 Å². The summed E-state index contributed by atoms with van der Waals surface area (Å²) in [5.74, 6) is 2.30. The Bertz CT molecular complexity index is 423. The molecule has 7 heteroatoms. The topological polar surface area (TPSA) is 79.5 Å². The number of amides is 1. The van der Waals surface area contributed by atoms with Crippen molar-refractivity contribution < 1.29 is 14.4 Å². The number of carbonyl (C=O) groups is 1. The van der Waals surface area contributed by atoms with Gasteiger partial charge in [-0.2, -0.15) is 4.98 Å². The van der Waals surface area contributed by atoms with Crippen molar-refractivity contribution in [2.24, 2.45) is 11.8 Å². The third-order valence-electron chi connectivity index (χ3n) is 3.36. The van der Waals surface area contributed by atoms with E-state index >= 15 is 0 Å². The summed E-state index contributed by atoms with van der Waals surface area (Å²) in [4.78, 5) is 16.3. The molecule has 1 aromatic rings. The molecule has 0 bridgehead atoms. The van der Waals surface area contributed by atoms with E-state index < -0.39 is 6.09 Å². The maximum Gasteiger partial charge on any atom is 0.407 e. The molecule has 2 heterocycles. The van der Waals surface area contributed by atoms with Crippen LogP contribution in [-0.2, 0) is 5.88 Å². The largest absolute Gasteiger partial charge is 0.465 e. The van der Waals surface area contributed by atoms with Crippen LogP contribution in [0.5, 0.6) is 0 Å². The molecule has 0 spiro atoms. The molecule has 1 aliphatic carbocycles. The van der Waals surface area contributed by atoms with E-state index in [-0.39, 0.29) is 11.8 Å². The highest BCUT2D eigenvalue weighted by Crippen LogP contribution is 2.57. The van der Waals surface area contributed by atoms with Gasteiger partial charge in [0, 0.05) is 19.0 Å². The van der Waals surface area contributed by atoms with Gasteiger partial charge < -0.3 is 14.5 Å². The fourth-order valence-electron chi connectivity index (χ4n) is 2.52. The molecule has 3 atom stereocenters. The average molecular weight is 244 g/mol. The molecule has 2 aliphatic rings. The Labute approximate surface area is 96.2 Å². The van der Waals surface area contributed by atoms with Crippen molar-refractivity contribution in [1.29, 1.82) is 0 Å². The van der Waals surface area contributed by atoms with Crippen LogP contribution in [0.3, 0.4) is 0 Å². The first-order chi connectivity index (χ1) is 7.70. The zero-order chi connectivity index (χ0) is 11.3. The molecule has 0 aromatic carbocycles. The fraction of sp³-hybridized carbons (Fsp3) is 0.667. The second-order valence-electron chi connectivity index (χ2n) is 4.22. The van der Waals surface area contributed by atoms with E-state index in [4.69, 9.17) is 21.2 Å². The monoisotopic (exact) mass is 243 g/mol. The van der Waals surface area contributed by atoms with Gasteiger partial charge in [0.25, 0.3) is 0 Å². The van der Waals surface area contributed by atoms with E-state index in [0.29, 0.717) is 36.6 Å². The third-order valence-corrected chi connectivity index (χ3v) is 3.59. The number of nitrogens with zero attached hydrogens (tertiary/aromatic N) is 3. The predicted octanol–water partition coefficient (Wildman–Crippen LogP) is 1.13. The van der Waals surface area contributed by atoms with Crippen molar-refractivity contribution >= 4 is 17.7 Å². The van der Waals surface area contributed by atoms with Crippen LogP contribution in [0.15, 0.2) is 4.52 Å². The summed E-state index contributed by atoms with van der Waals surface area (Å²) in [6.07, 6.45) is -0.847. The first-order valence-corrected chi connectivity index (χ1v) is 5.60. The van der Waals surface area contributed by atoms with Gasteiger partial charge in [0.15, 0.2) is 5.82 Å². The molecule has 1 aromatic heterocycles. The molecule has 1 aliphatic heterocycles. The molecule has 1 amide bonds. The normalized spacial score (nSPS) is 31.6. The predicted molar refractivity (Wildman–Crippen MR) is 53.2 cm³/mol. The van der Waals surface area contributed by atoms with Crippen LogP contribution in [0.2, 0.25) is 0 Å². The third kappa shape index (κ3) is 1.36. The Kier molecular flexibility index (Phi) is 2.07. The SMILES string of the molecule is O=C(O)N1C[C@@H]2C(c3noc(CCl)n3)[C@@H]2C1. The highest BCUT2D eigenvalue weighted by molar-refractivity contribution is 6.16. The van der Waals surface area contributed by atoms with Gasteiger partial charge in [-0.1, -0.05) is 5.16 Å². The lowest BCUT2D eigenvalue weighted by molar-refractivity contribution is 0.149. The zero-order valence-electron chi connectivity index (χ0n) is 8.34. The molecule has 2 fully saturated rings. The highest BCUT2D eigenvalue weighted by atomic mass is 35.5. The molecule has 0 radical (unpaired) electrons. The highest BCUT2D eigenvalue weighted by Gasteiger charge is 2.59. The van der Waals surface area contributed by atoms with E-state index in [1.54, 1.807) is 0 Å². The van der Waals surface area contributed by atoms with Crippen molar-refractivity contribution in [2.45, 2.75) is 11.8 Å². The Morgan fingerprint density at radius 2 is 2.25 bits per heavy atom. The maximum absolute atomic E-state index is 10.7. The maximum atomic E-state index is 10.7. The Hall–Kier alpha value is -1.30. The second kappa shape index (κ2) is 3.35. The molecule has 6 nitrogen and oxygen atoms in total. The van der Waals surface area contributed by atoms with Crippen LogP contribution in [-0.4, -0.2) is 39.3 Å². The molecule has 1 saturated carbocycles. The Morgan fingerprint density at radius 1 is 1.56 bits per heavy atom. The molecule has 16 heavy (non-hydrogen) atoms. The van der Waals surface area contributed by atoms with Gasteiger partial charge in [-0.05, 0) is 11.8 Å². The van der Waals surface area contributed by atoms with E-state index in [1.165, 1.54) is 4.90 Å². The summed E-state index contributed by atoms with van der Waals surface area (Å²) in [5.41, 5.74) is 0. The van der Waals surface area contributed by atoms with Crippen LogP contribution in [0, 0.1) is 11.8 Å². The number of hydrogen-bond donors (Lipinski definition) is 1. The zero-order valence-corrected chi connectivity index (χ0v) is 9.09. The summed E-state index contributed by atoms with van der Waals surface area (Å²) in [7, 11) is 0. The number of piperidine rings is 1. The summed E-state index contributed by atoms with van der Waals surface area (Å²) in [6, 6.07) is 0. The van der Waals surface area contributed by atoms with Gasteiger partial charge in [0.05, 0.1) is 0 Å². The molecule has 3 rings (SSSR count). The van der Waals surface area contributed by atoms with Gasteiger partial charge in [-0.15, -0.1) is 11.6 Å². The van der Waals surface area contributed by atoms with Crippen LogP contribution in [0.25, 0.3) is 0 Å². The summed E-state index contributed by atoms with van der Waals surface area (Å²) in [6.45, 7) is 1.16. The summed E-state index contributed by atoms with van der Waals surface area (Å²) in [5, 5.41) is 12.7. The van der Waals surface area contributed by atoms with Crippen molar-refractivity contribution in [2.75, 3.05) is 13.1 Å². The fourth-order valence-corrected chi connectivity index (χ4v) is 2.63. The Morgan fingerprint density at radius 3 is 2.75 bits per heavy atom. The first kappa shape index (κ1) is 9.89. The molecular weight excluding hydrogens is 234 g/mol.